The summed E-state index contributed by atoms with van der Waals surface area (Å²) in [6.07, 6.45) is -11.5. The molecule has 0 radical (unpaired) electrons. The van der Waals surface area contributed by atoms with E-state index in [0.717, 1.165) is 20.3 Å². The molecule has 2 saturated heterocycles. The van der Waals surface area contributed by atoms with Crippen molar-refractivity contribution in [3.63, 3.8) is 0 Å². The van der Waals surface area contributed by atoms with Gasteiger partial charge in [-0.25, -0.2) is 31.9 Å². The van der Waals surface area contributed by atoms with Gasteiger partial charge in [0, 0.05) is 0 Å². The predicted molar refractivity (Wildman–Crippen MR) is 175 cm³/mol. The maximum Gasteiger partial charge on any atom is 0.478 e. The molecule has 4 unspecified atom stereocenters. The smallest absolute Gasteiger partial charge is 0.478 e. The van der Waals surface area contributed by atoms with Crippen LogP contribution in [0.15, 0.2) is 22.2 Å². The van der Waals surface area contributed by atoms with Crippen LogP contribution in [0, 0.1) is 0 Å². The van der Waals surface area contributed by atoms with Gasteiger partial charge in [0.2, 0.25) is 17.7 Å². The van der Waals surface area contributed by atoms with E-state index in [9.17, 15) is 67.8 Å². The summed E-state index contributed by atoms with van der Waals surface area (Å²) < 4.78 is 80.8. The van der Waals surface area contributed by atoms with Crippen molar-refractivity contribution < 1.29 is 90.0 Å². The van der Waals surface area contributed by atoms with Crippen molar-refractivity contribution in [1.29, 1.82) is 0 Å². The van der Waals surface area contributed by atoms with E-state index >= 15 is 0 Å². The molecule has 56 heavy (non-hydrogen) atoms. The first-order valence-electron chi connectivity index (χ1n) is 15.2. The fourth-order valence-electron chi connectivity index (χ4n) is 5.63. The van der Waals surface area contributed by atoms with Crippen molar-refractivity contribution in [2.75, 3.05) is 24.7 Å². The number of aliphatic hydroxyl groups is 4. The number of nitrogens with two attached hydrogens (primary N) is 2. The van der Waals surface area contributed by atoms with Crippen LogP contribution in [0.4, 0.5) is 11.9 Å². The number of hydrogen-bond acceptors (Lipinski definition) is 22. The number of phosphoric ester groups is 1. The molecule has 6 heterocycles. The molecule has 12 atom stereocenters. The van der Waals surface area contributed by atoms with E-state index in [1.165, 1.54) is 17.9 Å². The lowest BCUT2D eigenvalue weighted by atomic mass is 10.1. The zero-order valence-corrected chi connectivity index (χ0v) is 31.3. The minimum absolute atomic E-state index is 0.0177. The number of aromatic nitrogens is 8. The van der Waals surface area contributed by atoms with Gasteiger partial charge in [-0.15, -0.1) is 4.86 Å². The molecular weight excluding hydrogens is 850 g/mol. The van der Waals surface area contributed by atoms with Crippen molar-refractivity contribution in [2.24, 2.45) is 7.05 Å². The number of rotatable bonds is 14. The fourth-order valence-corrected chi connectivity index (χ4v) is 11.0. The Balaban J connectivity index is 1.03. The fraction of sp³-hybridized carbons (Fsp3) is 0.524. The van der Waals surface area contributed by atoms with Crippen molar-refractivity contribution >= 4 is 65.4 Å². The number of phosphoric acid groups is 2. The van der Waals surface area contributed by atoms with Crippen LogP contribution in [0.5, 0.6) is 0 Å². The Morgan fingerprint density at radius 3 is 2.20 bits per heavy atom. The van der Waals surface area contributed by atoms with Crippen LogP contribution in [0.3, 0.4) is 0 Å². The van der Waals surface area contributed by atoms with E-state index in [-0.39, 0.29) is 34.2 Å². The number of aliphatic hydroxyl groups excluding tert-OH is 4. The van der Waals surface area contributed by atoms with E-state index in [0.29, 0.717) is 0 Å². The number of aryl methyl sites for hydroxylation is 1. The van der Waals surface area contributed by atoms with Crippen molar-refractivity contribution in [1.82, 2.24) is 38.9 Å². The second-order valence-corrected chi connectivity index (χ2v) is 18.5. The number of nitrogen functional groups attached to an aromatic ring is 2. The number of nitrogens with one attached hydrogen (secondary N) is 3. The van der Waals surface area contributed by atoms with Crippen molar-refractivity contribution in [3.8, 4) is 0 Å². The van der Waals surface area contributed by atoms with Gasteiger partial charge in [0.05, 0.1) is 26.6 Å². The van der Waals surface area contributed by atoms with Crippen LogP contribution in [-0.2, 0) is 52.5 Å². The Morgan fingerprint density at radius 2 is 1.50 bits per heavy atom. The summed E-state index contributed by atoms with van der Waals surface area (Å²) in [6, 6.07) is 0. The van der Waals surface area contributed by atoms with E-state index in [2.05, 4.69) is 42.6 Å². The number of hydrogen-bond donors (Lipinski definition) is 12. The first-order valence-corrected chi connectivity index (χ1v) is 21.3. The van der Waals surface area contributed by atoms with Gasteiger partial charge < -0.3 is 60.9 Å². The molecular formula is C21H31N11O20P4. The second kappa shape index (κ2) is 15.1. The quantitative estimate of drug-likeness (QED) is 0.0415. The lowest BCUT2D eigenvalue weighted by Crippen LogP contribution is -2.46. The van der Waals surface area contributed by atoms with Gasteiger partial charge in [-0.2, -0.15) is 4.98 Å². The number of nitrogens with zero attached hydrogens (tertiary/aromatic N) is 6. The predicted octanol–water partition coefficient (Wildman–Crippen LogP) is -5.49. The molecule has 4 aromatic heterocycles. The number of aromatic amines is 2. The topological polar surface area (TPSA) is 471 Å². The van der Waals surface area contributed by atoms with E-state index in [1.54, 1.807) is 0 Å². The summed E-state index contributed by atoms with van der Waals surface area (Å²) in [6.45, 7) is -2.31. The number of imidazole rings is 2. The van der Waals surface area contributed by atoms with Crippen LogP contribution in [-0.4, -0.2) is 119 Å². The Bertz CT molecular complexity index is 2470. The third-order valence-electron chi connectivity index (χ3n) is 7.95. The third kappa shape index (κ3) is 8.71. The first kappa shape index (κ1) is 42.2. The molecule has 6 rings (SSSR count). The van der Waals surface area contributed by atoms with Gasteiger partial charge in [-0.05, 0) is 0 Å². The summed E-state index contributed by atoms with van der Waals surface area (Å²) >= 11 is 0. The standard InChI is InChI=1S/C21H31N11O20P4/c1-30-5-32(15-9(30)17(38)28-21(23)26-15)19-13(36)10(33)6(50-19)2-47-53(39,40)29-54(41,42)51-56(45,46)52-55(43,44)48-3-7-11(34)12(35)18(49-7)31-4-24-8-14(31)25-20(22)27-16(8)37/h4-7,10-13,18-19,33-36H,2-3H2,1H3,(H10-,22,23,25,26,27,28,29,37,38,39,40,41,42,43,44,45,46)/t6-,7-,10-,11-,12-,13-,18-,19-/m1/s1. The van der Waals surface area contributed by atoms with Crippen LogP contribution in [0.25, 0.3) is 22.3 Å². The molecule has 0 spiro atoms. The Morgan fingerprint density at radius 1 is 0.893 bits per heavy atom. The zero-order valence-electron chi connectivity index (χ0n) is 27.8. The van der Waals surface area contributed by atoms with Gasteiger partial charge >= 0.3 is 29.0 Å². The molecule has 0 aromatic carbocycles. The molecule has 4 aromatic rings. The number of ether oxygens (including phenoxy) is 2. The molecule has 0 amide bonds. The van der Waals surface area contributed by atoms with Crippen LogP contribution < -0.4 is 36.9 Å². The largest absolute Gasteiger partial charge is 0.756 e. The lowest BCUT2D eigenvalue weighted by Gasteiger charge is -2.27. The molecule has 0 saturated carbocycles. The number of H-pyrrole nitrogens is 2. The Kier molecular flexibility index (Phi) is 11.4. The van der Waals surface area contributed by atoms with Gasteiger partial charge in [0.1, 0.15) is 36.6 Å². The number of fused-ring (bicyclic) bond motifs is 2. The highest BCUT2D eigenvalue weighted by molar-refractivity contribution is 7.72. The Labute approximate surface area is 308 Å². The van der Waals surface area contributed by atoms with Crippen LogP contribution in [0.2, 0.25) is 0 Å². The highest BCUT2D eigenvalue weighted by Gasteiger charge is 2.49. The molecule has 0 aliphatic carbocycles. The van der Waals surface area contributed by atoms with Crippen molar-refractivity contribution in [3.05, 3.63) is 33.4 Å². The van der Waals surface area contributed by atoms with Crippen LogP contribution >= 0.6 is 31.1 Å². The normalized spacial score (nSPS) is 29.9. The third-order valence-corrected chi connectivity index (χ3v) is 14.3. The SMILES string of the molecule is Cn1c[n+]([C@@H]2O[C@H](COP(=O)(O)NP(=O)(O)OP(=O)([O-])OP(=O)(O)OC[C@H]3O[C@@H](n4cnc5c(=O)[nH]c(N)nc54)[C@H](O)[C@@H]3O)[C@@H](O)[C@H]2O)c2nc(N)[nH]c(=O)c21. The maximum atomic E-state index is 12.6. The highest BCUT2D eigenvalue weighted by atomic mass is 31.3. The summed E-state index contributed by atoms with van der Waals surface area (Å²) in [5.74, 6) is -0.645. The molecule has 2 fully saturated rings. The minimum Gasteiger partial charge on any atom is -0.756 e. The zero-order chi connectivity index (χ0) is 41.3. The Hall–Kier alpha value is -3.38. The second-order valence-electron chi connectivity index (χ2n) is 11.9. The molecule has 35 heteroatoms. The molecule has 2 aliphatic heterocycles. The number of anilines is 2. The summed E-state index contributed by atoms with van der Waals surface area (Å²) in [7, 11) is -22.5. The van der Waals surface area contributed by atoms with E-state index in [4.69, 9.17) is 20.9 Å². The molecule has 310 valence electrons. The summed E-state index contributed by atoms with van der Waals surface area (Å²) in [5.41, 5.74) is 9.16. The van der Waals surface area contributed by atoms with Gasteiger partial charge in [-0.1, -0.05) is 4.98 Å². The highest BCUT2D eigenvalue weighted by Crippen LogP contribution is 2.66. The first-order chi connectivity index (χ1) is 25.9. The summed E-state index contributed by atoms with van der Waals surface area (Å²) in [4.78, 5) is 83.7. The molecule has 2 aliphatic rings. The maximum absolute atomic E-state index is 12.6. The van der Waals surface area contributed by atoms with Gasteiger partial charge in [0.15, 0.2) is 23.7 Å². The molecule has 31 nitrogen and oxygen atoms in total. The average Bonchev–Trinajstić information content (AvgIpc) is 3.77. The van der Waals surface area contributed by atoms with Gasteiger partial charge in [0.25, 0.3) is 24.9 Å². The van der Waals surface area contributed by atoms with Crippen molar-refractivity contribution in [2.45, 2.75) is 49.1 Å². The van der Waals surface area contributed by atoms with Crippen LogP contribution in [0.1, 0.15) is 12.5 Å². The molecule has 14 N–H and O–H groups in total. The molecule has 0 bridgehead atoms. The van der Waals surface area contributed by atoms with Gasteiger partial charge in [-0.3, -0.25) is 42.3 Å². The monoisotopic (exact) mass is 881 g/mol. The minimum atomic E-state index is -6.44. The summed E-state index contributed by atoms with van der Waals surface area (Å²) in [5, 5.41) is 42.0. The van der Waals surface area contributed by atoms with E-state index in [1.807, 2.05) is 0 Å². The average molecular weight is 881 g/mol. The van der Waals surface area contributed by atoms with E-state index < -0.39 is 105 Å². The lowest BCUT2D eigenvalue weighted by molar-refractivity contribution is -0.745.